The maximum absolute atomic E-state index is 4.48. The Labute approximate surface area is 100 Å². The van der Waals surface area contributed by atoms with Crippen molar-refractivity contribution < 1.29 is 0 Å². The van der Waals surface area contributed by atoms with Crippen molar-refractivity contribution in [2.45, 2.75) is 20.8 Å². The van der Waals surface area contributed by atoms with Gasteiger partial charge in [-0.05, 0) is 26.8 Å². The van der Waals surface area contributed by atoms with Gasteiger partial charge in [0.05, 0.1) is 0 Å². The van der Waals surface area contributed by atoms with E-state index in [4.69, 9.17) is 0 Å². The Morgan fingerprint density at radius 1 is 1.24 bits per heavy atom. The number of aryl methyl sites for hydroxylation is 1. The number of nitrogens with one attached hydrogen (secondary N) is 1. The first-order chi connectivity index (χ1) is 8.22. The summed E-state index contributed by atoms with van der Waals surface area (Å²) in [5, 5.41) is 3.23. The van der Waals surface area contributed by atoms with Gasteiger partial charge in [0.1, 0.15) is 17.8 Å². The fraction of sp³-hybridized carbons (Fsp3) is 0.333. The van der Waals surface area contributed by atoms with Crippen LogP contribution < -0.4 is 5.32 Å². The number of aromatic nitrogens is 4. The van der Waals surface area contributed by atoms with Gasteiger partial charge in [0.25, 0.3) is 0 Å². The molecule has 0 radical (unpaired) electrons. The van der Waals surface area contributed by atoms with Crippen molar-refractivity contribution in [2.24, 2.45) is 0 Å². The quantitative estimate of drug-likeness (QED) is 0.871. The molecule has 0 spiro atoms. The molecular weight excluding hydrogens is 214 g/mol. The van der Waals surface area contributed by atoms with Gasteiger partial charge in [-0.15, -0.1) is 0 Å². The molecule has 0 saturated carbocycles. The van der Waals surface area contributed by atoms with Crippen LogP contribution in [-0.4, -0.2) is 26.5 Å². The first-order valence-electron chi connectivity index (χ1n) is 5.58. The molecule has 0 aliphatic rings. The molecule has 0 amide bonds. The lowest BCUT2D eigenvalue weighted by molar-refractivity contribution is 1.03. The van der Waals surface area contributed by atoms with E-state index in [9.17, 15) is 0 Å². The van der Waals surface area contributed by atoms with E-state index >= 15 is 0 Å². The van der Waals surface area contributed by atoms with Gasteiger partial charge in [-0.3, -0.25) is 0 Å². The molecule has 2 rings (SSSR count). The number of nitrogens with zero attached hydrogens (tertiary/aromatic N) is 4. The molecule has 2 aromatic rings. The van der Waals surface area contributed by atoms with Crippen LogP contribution in [0.15, 0.2) is 18.6 Å². The van der Waals surface area contributed by atoms with Gasteiger partial charge in [0.15, 0.2) is 5.82 Å². The summed E-state index contributed by atoms with van der Waals surface area (Å²) in [5.41, 5.74) is 2.77. The van der Waals surface area contributed by atoms with E-state index in [0.29, 0.717) is 5.82 Å². The molecule has 0 unspecified atom stereocenters. The molecule has 0 aromatic carbocycles. The van der Waals surface area contributed by atoms with Crippen LogP contribution in [0.25, 0.3) is 11.5 Å². The summed E-state index contributed by atoms with van der Waals surface area (Å²) in [6, 6.07) is 1.81. The third-order valence-electron chi connectivity index (χ3n) is 2.54. The Bertz CT molecular complexity index is 510. The minimum atomic E-state index is 0.631. The summed E-state index contributed by atoms with van der Waals surface area (Å²) in [7, 11) is 0. The van der Waals surface area contributed by atoms with Gasteiger partial charge in [0, 0.05) is 24.0 Å². The highest BCUT2D eigenvalue weighted by atomic mass is 15.0. The monoisotopic (exact) mass is 229 g/mol. The van der Waals surface area contributed by atoms with Crippen LogP contribution in [0, 0.1) is 13.8 Å². The summed E-state index contributed by atoms with van der Waals surface area (Å²) < 4.78 is 0. The molecule has 1 N–H and O–H groups in total. The molecule has 5 nitrogen and oxygen atoms in total. The van der Waals surface area contributed by atoms with E-state index in [0.717, 1.165) is 29.3 Å². The first kappa shape index (κ1) is 11.4. The molecular formula is C12H15N5. The smallest absolute Gasteiger partial charge is 0.180 e. The van der Waals surface area contributed by atoms with Gasteiger partial charge < -0.3 is 5.32 Å². The molecule has 2 aromatic heterocycles. The molecule has 0 saturated heterocycles. The van der Waals surface area contributed by atoms with Crippen molar-refractivity contribution in [3.63, 3.8) is 0 Å². The third-order valence-corrected chi connectivity index (χ3v) is 2.54. The fourth-order valence-electron chi connectivity index (χ4n) is 1.51. The predicted molar refractivity (Wildman–Crippen MR) is 66.7 cm³/mol. The van der Waals surface area contributed by atoms with E-state index in [1.807, 2.05) is 20.8 Å². The summed E-state index contributed by atoms with van der Waals surface area (Å²) in [6.07, 6.45) is 3.19. The zero-order valence-electron chi connectivity index (χ0n) is 10.2. The highest BCUT2D eigenvalue weighted by molar-refractivity contribution is 5.55. The molecule has 0 aliphatic carbocycles. The van der Waals surface area contributed by atoms with E-state index in [1.54, 1.807) is 12.3 Å². The van der Waals surface area contributed by atoms with Crippen LogP contribution in [-0.2, 0) is 0 Å². The maximum atomic E-state index is 4.48. The Kier molecular flexibility index (Phi) is 3.27. The predicted octanol–water partition coefficient (Wildman–Crippen LogP) is 1.98. The zero-order valence-corrected chi connectivity index (χ0v) is 10.2. The van der Waals surface area contributed by atoms with Crippen LogP contribution in [0.3, 0.4) is 0 Å². The average molecular weight is 229 g/mol. The minimum Gasteiger partial charge on any atom is -0.370 e. The van der Waals surface area contributed by atoms with Crippen LogP contribution >= 0.6 is 0 Å². The van der Waals surface area contributed by atoms with Crippen LogP contribution in [0.5, 0.6) is 0 Å². The molecule has 0 aliphatic heterocycles. The summed E-state index contributed by atoms with van der Waals surface area (Å²) in [5.74, 6) is 1.50. The Balaban J connectivity index is 2.49. The SMILES string of the molecule is CCNc1nc(-c2ccncn2)nc(C)c1C. The third kappa shape index (κ3) is 2.38. The van der Waals surface area contributed by atoms with E-state index in [2.05, 4.69) is 25.3 Å². The van der Waals surface area contributed by atoms with Crippen molar-refractivity contribution in [1.29, 1.82) is 0 Å². The van der Waals surface area contributed by atoms with Crippen molar-refractivity contribution in [2.75, 3.05) is 11.9 Å². The zero-order chi connectivity index (χ0) is 12.3. The number of anilines is 1. The highest BCUT2D eigenvalue weighted by Crippen LogP contribution is 2.19. The number of hydrogen-bond donors (Lipinski definition) is 1. The summed E-state index contributed by atoms with van der Waals surface area (Å²) in [4.78, 5) is 17.0. The normalized spacial score (nSPS) is 10.3. The molecule has 17 heavy (non-hydrogen) atoms. The lowest BCUT2D eigenvalue weighted by atomic mass is 10.2. The average Bonchev–Trinajstić information content (AvgIpc) is 2.36. The highest BCUT2D eigenvalue weighted by Gasteiger charge is 2.09. The van der Waals surface area contributed by atoms with Crippen LogP contribution in [0.4, 0.5) is 5.82 Å². The van der Waals surface area contributed by atoms with Gasteiger partial charge in [-0.2, -0.15) is 0 Å². The first-order valence-corrected chi connectivity index (χ1v) is 5.58. The molecule has 5 heteroatoms. The summed E-state index contributed by atoms with van der Waals surface area (Å²) >= 11 is 0. The second-order valence-corrected chi connectivity index (χ2v) is 3.73. The summed E-state index contributed by atoms with van der Waals surface area (Å²) in [6.45, 7) is 6.86. The molecule has 88 valence electrons. The van der Waals surface area contributed by atoms with Gasteiger partial charge in [0.2, 0.25) is 0 Å². The number of rotatable bonds is 3. The second-order valence-electron chi connectivity index (χ2n) is 3.73. The van der Waals surface area contributed by atoms with Gasteiger partial charge in [-0.1, -0.05) is 0 Å². The van der Waals surface area contributed by atoms with E-state index in [-0.39, 0.29) is 0 Å². The topological polar surface area (TPSA) is 63.6 Å². The van der Waals surface area contributed by atoms with Crippen molar-refractivity contribution >= 4 is 5.82 Å². The Hall–Kier alpha value is -2.04. The van der Waals surface area contributed by atoms with Gasteiger partial charge in [-0.25, -0.2) is 19.9 Å². The van der Waals surface area contributed by atoms with Crippen LogP contribution in [0.1, 0.15) is 18.2 Å². The molecule has 0 bridgehead atoms. The van der Waals surface area contributed by atoms with Crippen LogP contribution in [0.2, 0.25) is 0 Å². The number of hydrogen-bond acceptors (Lipinski definition) is 5. The molecule has 2 heterocycles. The lowest BCUT2D eigenvalue weighted by Gasteiger charge is -2.10. The lowest BCUT2D eigenvalue weighted by Crippen LogP contribution is -2.06. The second kappa shape index (κ2) is 4.86. The maximum Gasteiger partial charge on any atom is 0.180 e. The largest absolute Gasteiger partial charge is 0.370 e. The standard InChI is InChI=1S/C12H15N5/c1-4-14-11-8(2)9(3)16-12(17-11)10-5-6-13-7-15-10/h5-7H,4H2,1-3H3,(H,14,16,17). The molecule has 0 fully saturated rings. The van der Waals surface area contributed by atoms with Crippen molar-refractivity contribution in [3.8, 4) is 11.5 Å². The van der Waals surface area contributed by atoms with Crippen molar-refractivity contribution in [1.82, 2.24) is 19.9 Å². The van der Waals surface area contributed by atoms with Crippen molar-refractivity contribution in [3.05, 3.63) is 29.8 Å². The van der Waals surface area contributed by atoms with E-state index < -0.39 is 0 Å². The fourth-order valence-corrected chi connectivity index (χ4v) is 1.51. The Morgan fingerprint density at radius 3 is 2.71 bits per heavy atom. The molecule has 0 atom stereocenters. The Morgan fingerprint density at radius 2 is 2.06 bits per heavy atom. The van der Waals surface area contributed by atoms with Gasteiger partial charge >= 0.3 is 0 Å². The minimum absolute atomic E-state index is 0.631. The van der Waals surface area contributed by atoms with E-state index in [1.165, 1.54) is 6.33 Å².